The second-order valence-corrected chi connectivity index (χ2v) is 8.46. The van der Waals surface area contributed by atoms with E-state index in [4.69, 9.17) is 4.74 Å². The van der Waals surface area contributed by atoms with E-state index in [-0.39, 0.29) is 17.6 Å². The third kappa shape index (κ3) is 5.23. The summed E-state index contributed by atoms with van der Waals surface area (Å²) in [5.74, 6) is -0.481. The standard InChI is InChI=1S/C24H26F4N2O2/c25-17-12-10-16(11-13-17)22(20-8-4-5-9-21(20)24(26,27)28)32-19-14-30(15-19)23(31)29-18-6-2-1-3-7-18/h4-5,8-13,18-19,22H,1-3,6-7,14-15H2,(H,29,31). The summed E-state index contributed by atoms with van der Waals surface area (Å²) >= 11 is 0. The lowest BCUT2D eigenvalue weighted by atomic mass is 9.95. The van der Waals surface area contributed by atoms with Gasteiger partial charge in [-0.3, -0.25) is 0 Å². The Morgan fingerprint density at radius 3 is 2.31 bits per heavy atom. The monoisotopic (exact) mass is 450 g/mol. The average molecular weight is 450 g/mol. The van der Waals surface area contributed by atoms with E-state index < -0.39 is 29.8 Å². The molecule has 0 aromatic heterocycles. The number of ether oxygens (including phenoxy) is 1. The molecule has 2 aromatic rings. The molecule has 0 radical (unpaired) electrons. The molecule has 4 nitrogen and oxygen atoms in total. The molecule has 172 valence electrons. The third-order valence-electron chi connectivity index (χ3n) is 6.12. The molecule has 2 aromatic carbocycles. The van der Waals surface area contributed by atoms with Crippen LogP contribution in [0.15, 0.2) is 48.5 Å². The van der Waals surface area contributed by atoms with Gasteiger partial charge in [-0.05, 0) is 42.2 Å². The van der Waals surface area contributed by atoms with Crippen molar-refractivity contribution in [3.63, 3.8) is 0 Å². The van der Waals surface area contributed by atoms with Gasteiger partial charge in [-0.25, -0.2) is 9.18 Å². The first kappa shape index (κ1) is 22.6. The van der Waals surface area contributed by atoms with Crippen LogP contribution in [0.3, 0.4) is 0 Å². The minimum absolute atomic E-state index is 0.0308. The zero-order valence-corrected chi connectivity index (χ0v) is 17.6. The van der Waals surface area contributed by atoms with Gasteiger partial charge in [0.2, 0.25) is 0 Å². The quantitative estimate of drug-likeness (QED) is 0.596. The smallest absolute Gasteiger partial charge is 0.362 e. The predicted molar refractivity (Wildman–Crippen MR) is 112 cm³/mol. The van der Waals surface area contributed by atoms with Gasteiger partial charge in [0.1, 0.15) is 11.9 Å². The number of rotatable bonds is 5. The minimum Gasteiger partial charge on any atom is -0.362 e. The van der Waals surface area contributed by atoms with E-state index in [2.05, 4.69) is 5.32 Å². The Bertz CT molecular complexity index is 920. The Morgan fingerprint density at radius 1 is 1.00 bits per heavy atom. The SMILES string of the molecule is O=C(NC1CCCCC1)N1CC(OC(c2ccc(F)cc2)c2ccccc2C(F)(F)F)C1. The summed E-state index contributed by atoms with van der Waals surface area (Å²) < 4.78 is 60.4. The molecule has 32 heavy (non-hydrogen) atoms. The van der Waals surface area contributed by atoms with Crippen molar-refractivity contribution in [2.75, 3.05) is 13.1 Å². The van der Waals surface area contributed by atoms with Gasteiger partial charge in [0.05, 0.1) is 24.8 Å². The normalized spacial score (nSPS) is 18.8. The maximum Gasteiger partial charge on any atom is 0.416 e. The number of halogens is 4. The first-order valence-electron chi connectivity index (χ1n) is 10.9. The van der Waals surface area contributed by atoms with E-state index in [1.165, 1.54) is 48.9 Å². The van der Waals surface area contributed by atoms with Gasteiger partial charge in [-0.1, -0.05) is 49.6 Å². The molecule has 8 heteroatoms. The molecule has 2 aliphatic rings. The van der Waals surface area contributed by atoms with Crippen LogP contribution < -0.4 is 5.32 Å². The number of nitrogens with one attached hydrogen (secondary N) is 1. The number of hydrogen-bond acceptors (Lipinski definition) is 2. The second kappa shape index (κ2) is 9.48. The molecule has 1 aliphatic carbocycles. The highest BCUT2D eigenvalue weighted by atomic mass is 19.4. The fraction of sp³-hybridized carbons (Fsp3) is 0.458. The van der Waals surface area contributed by atoms with Crippen molar-refractivity contribution >= 4 is 6.03 Å². The minimum atomic E-state index is -4.55. The Kier molecular flexibility index (Phi) is 6.69. The van der Waals surface area contributed by atoms with Crippen molar-refractivity contribution in [1.29, 1.82) is 0 Å². The van der Waals surface area contributed by atoms with E-state index in [1.54, 1.807) is 4.90 Å². The molecule has 4 rings (SSSR count). The van der Waals surface area contributed by atoms with Gasteiger partial charge in [0.15, 0.2) is 0 Å². The third-order valence-corrected chi connectivity index (χ3v) is 6.12. The van der Waals surface area contributed by atoms with Crippen LogP contribution in [0.25, 0.3) is 0 Å². The summed E-state index contributed by atoms with van der Waals surface area (Å²) in [5.41, 5.74) is -0.398. The van der Waals surface area contributed by atoms with Crippen LogP contribution >= 0.6 is 0 Å². The van der Waals surface area contributed by atoms with Crippen LogP contribution in [0.1, 0.15) is 54.9 Å². The molecule has 1 saturated heterocycles. The van der Waals surface area contributed by atoms with E-state index in [0.29, 0.717) is 18.7 Å². The van der Waals surface area contributed by atoms with Gasteiger partial charge >= 0.3 is 12.2 Å². The summed E-state index contributed by atoms with van der Waals surface area (Å²) in [6.45, 7) is 0.592. The fourth-order valence-electron chi connectivity index (χ4n) is 4.35. The van der Waals surface area contributed by atoms with Crippen LogP contribution in [-0.2, 0) is 10.9 Å². The van der Waals surface area contributed by atoms with Crippen molar-refractivity contribution < 1.29 is 27.1 Å². The lowest BCUT2D eigenvalue weighted by molar-refractivity contribution is -0.140. The Labute approximate surface area is 184 Å². The summed E-state index contributed by atoms with van der Waals surface area (Å²) in [7, 11) is 0. The fourth-order valence-corrected chi connectivity index (χ4v) is 4.35. The first-order valence-corrected chi connectivity index (χ1v) is 10.9. The summed E-state index contributed by atoms with van der Waals surface area (Å²) in [5, 5.41) is 3.03. The largest absolute Gasteiger partial charge is 0.416 e. The number of benzene rings is 2. The van der Waals surface area contributed by atoms with Gasteiger partial charge in [0, 0.05) is 6.04 Å². The van der Waals surface area contributed by atoms with Crippen LogP contribution in [0.2, 0.25) is 0 Å². The van der Waals surface area contributed by atoms with Gasteiger partial charge < -0.3 is 15.0 Å². The Hall–Kier alpha value is -2.61. The highest BCUT2D eigenvalue weighted by molar-refractivity contribution is 5.75. The molecule has 1 aliphatic heterocycles. The van der Waals surface area contributed by atoms with Crippen LogP contribution in [0.5, 0.6) is 0 Å². The predicted octanol–water partition coefficient (Wildman–Crippen LogP) is 5.68. The molecule has 1 heterocycles. The molecule has 0 bridgehead atoms. The molecule has 1 saturated carbocycles. The number of carbonyl (C=O) groups is 1. The molecular weight excluding hydrogens is 424 g/mol. The highest BCUT2D eigenvalue weighted by Gasteiger charge is 2.39. The number of likely N-dealkylation sites (tertiary alicyclic amines) is 1. The topological polar surface area (TPSA) is 41.6 Å². The van der Waals surface area contributed by atoms with E-state index in [1.807, 2.05) is 0 Å². The van der Waals surface area contributed by atoms with Crippen molar-refractivity contribution in [2.45, 2.75) is 56.5 Å². The van der Waals surface area contributed by atoms with Gasteiger partial charge in [0.25, 0.3) is 0 Å². The maximum atomic E-state index is 13.6. The van der Waals surface area contributed by atoms with E-state index in [9.17, 15) is 22.4 Å². The zero-order valence-electron chi connectivity index (χ0n) is 17.6. The Morgan fingerprint density at radius 2 is 1.66 bits per heavy atom. The van der Waals surface area contributed by atoms with Gasteiger partial charge in [-0.2, -0.15) is 13.2 Å². The first-order chi connectivity index (χ1) is 15.3. The van der Waals surface area contributed by atoms with Crippen LogP contribution in [-0.4, -0.2) is 36.2 Å². The number of carbonyl (C=O) groups excluding carboxylic acids is 1. The lowest BCUT2D eigenvalue weighted by Gasteiger charge is -2.41. The van der Waals surface area contributed by atoms with Gasteiger partial charge in [-0.15, -0.1) is 0 Å². The van der Waals surface area contributed by atoms with E-state index >= 15 is 0 Å². The number of hydrogen-bond donors (Lipinski definition) is 1. The number of nitrogens with zero attached hydrogens (tertiary/aromatic N) is 1. The zero-order chi connectivity index (χ0) is 22.7. The number of urea groups is 1. The summed E-state index contributed by atoms with van der Waals surface area (Å²) in [6.07, 6.45) is -0.644. The van der Waals surface area contributed by atoms with E-state index in [0.717, 1.165) is 31.7 Å². The van der Waals surface area contributed by atoms with Crippen LogP contribution in [0, 0.1) is 5.82 Å². The second-order valence-electron chi connectivity index (χ2n) is 8.46. The average Bonchev–Trinajstić information content (AvgIpc) is 2.74. The molecule has 1 unspecified atom stereocenters. The number of amides is 2. The number of alkyl halides is 3. The van der Waals surface area contributed by atoms with Crippen molar-refractivity contribution in [1.82, 2.24) is 10.2 Å². The summed E-state index contributed by atoms with van der Waals surface area (Å²) in [4.78, 5) is 14.1. The molecule has 0 spiro atoms. The molecule has 2 fully saturated rings. The summed E-state index contributed by atoms with van der Waals surface area (Å²) in [6, 6.07) is 10.5. The van der Waals surface area contributed by atoms with Crippen LogP contribution in [0.4, 0.5) is 22.4 Å². The lowest BCUT2D eigenvalue weighted by Crippen LogP contribution is -2.59. The molecular formula is C24H26F4N2O2. The maximum absolute atomic E-state index is 13.6. The van der Waals surface area contributed by atoms with Crippen molar-refractivity contribution in [3.8, 4) is 0 Å². The highest BCUT2D eigenvalue weighted by Crippen LogP contribution is 2.39. The Balaban J connectivity index is 1.47. The molecule has 2 amide bonds. The molecule has 1 atom stereocenters. The van der Waals surface area contributed by atoms with Crippen molar-refractivity contribution in [2.24, 2.45) is 0 Å². The van der Waals surface area contributed by atoms with Crippen molar-refractivity contribution in [3.05, 3.63) is 71.0 Å². The molecule has 1 N–H and O–H groups in total.